The molecular formula is C16H13F3N2O2. The van der Waals surface area contributed by atoms with Crippen LogP contribution in [0.3, 0.4) is 0 Å². The van der Waals surface area contributed by atoms with E-state index in [1.807, 2.05) is 0 Å². The number of ether oxygens (including phenoxy) is 1. The molecule has 0 radical (unpaired) electrons. The normalized spacial score (nSPS) is 11.5. The minimum atomic E-state index is -4.60. The molecule has 120 valence electrons. The summed E-state index contributed by atoms with van der Waals surface area (Å²) in [4.78, 5) is 11.9. The van der Waals surface area contributed by atoms with Crippen molar-refractivity contribution in [3.63, 3.8) is 0 Å². The zero-order valence-corrected chi connectivity index (χ0v) is 12.1. The summed E-state index contributed by atoms with van der Waals surface area (Å²) in [6.07, 6.45) is -3.28. The minimum absolute atomic E-state index is 0.480. The molecule has 2 aromatic rings. The number of alkyl halides is 3. The summed E-state index contributed by atoms with van der Waals surface area (Å²) in [5.74, 6) is -0.270. The molecular weight excluding hydrogens is 309 g/mol. The van der Waals surface area contributed by atoms with Crippen molar-refractivity contribution in [2.24, 2.45) is 5.10 Å². The van der Waals surface area contributed by atoms with Crippen molar-refractivity contribution in [3.8, 4) is 5.75 Å². The minimum Gasteiger partial charge on any atom is -0.497 e. The maximum absolute atomic E-state index is 12.8. The molecule has 0 heterocycles. The second-order valence-corrected chi connectivity index (χ2v) is 4.52. The van der Waals surface area contributed by atoms with Gasteiger partial charge in [0.05, 0.1) is 24.5 Å². The molecule has 0 aliphatic heterocycles. The first-order chi connectivity index (χ1) is 10.9. The van der Waals surface area contributed by atoms with Crippen LogP contribution in [0.25, 0.3) is 0 Å². The van der Waals surface area contributed by atoms with Crippen LogP contribution in [0, 0.1) is 0 Å². The van der Waals surface area contributed by atoms with Crippen LogP contribution in [-0.2, 0) is 6.18 Å². The van der Waals surface area contributed by atoms with E-state index in [9.17, 15) is 18.0 Å². The van der Waals surface area contributed by atoms with E-state index in [0.717, 1.165) is 12.1 Å². The van der Waals surface area contributed by atoms with Crippen molar-refractivity contribution >= 4 is 12.1 Å². The molecule has 0 atom stereocenters. The third-order valence-corrected chi connectivity index (χ3v) is 2.97. The van der Waals surface area contributed by atoms with Gasteiger partial charge in [0.15, 0.2) is 0 Å². The third-order valence-electron chi connectivity index (χ3n) is 2.97. The van der Waals surface area contributed by atoms with Crippen molar-refractivity contribution < 1.29 is 22.7 Å². The number of carbonyl (C=O) groups is 1. The van der Waals surface area contributed by atoms with Crippen LogP contribution >= 0.6 is 0 Å². The molecule has 0 spiro atoms. The van der Waals surface area contributed by atoms with Crippen LogP contribution in [0.1, 0.15) is 21.5 Å². The fraction of sp³-hybridized carbons (Fsp3) is 0.125. The van der Waals surface area contributed by atoms with Crippen LogP contribution in [0.2, 0.25) is 0 Å². The maximum Gasteiger partial charge on any atom is 0.417 e. The Morgan fingerprint density at radius 1 is 1.13 bits per heavy atom. The number of hydrogen-bond donors (Lipinski definition) is 1. The number of methoxy groups -OCH3 is 1. The van der Waals surface area contributed by atoms with E-state index < -0.39 is 23.2 Å². The van der Waals surface area contributed by atoms with Crippen LogP contribution in [0.4, 0.5) is 13.2 Å². The van der Waals surface area contributed by atoms with Gasteiger partial charge in [-0.15, -0.1) is 0 Å². The Morgan fingerprint density at radius 3 is 2.39 bits per heavy atom. The van der Waals surface area contributed by atoms with Gasteiger partial charge in [0.25, 0.3) is 5.91 Å². The lowest BCUT2D eigenvalue weighted by atomic mass is 10.1. The summed E-state index contributed by atoms with van der Waals surface area (Å²) in [5.41, 5.74) is 1.27. The Balaban J connectivity index is 2.09. The van der Waals surface area contributed by atoms with Crippen molar-refractivity contribution in [3.05, 3.63) is 65.2 Å². The van der Waals surface area contributed by atoms with E-state index in [4.69, 9.17) is 4.74 Å². The van der Waals surface area contributed by atoms with Gasteiger partial charge in [0.2, 0.25) is 0 Å². The quantitative estimate of drug-likeness (QED) is 0.692. The highest BCUT2D eigenvalue weighted by Gasteiger charge is 2.34. The van der Waals surface area contributed by atoms with Crippen molar-refractivity contribution in [2.75, 3.05) is 7.11 Å². The average Bonchev–Trinajstić information content (AvgIpc) is 2.54. The van der Waals surface area contributed by atoms with Gasteiger partial charge in [-0.1, -0.05) is 12.1 Å². The fourth-order valence-electron chi connectivity index (χ4n) is 1.84. The monoisotopic (exact) mass is 322 g/mol. The zero-order chi connectivity index (χ0) is 16.9. The van der Waals surface area contributed by atoms with E-state index in [2.05, 4.69) is 10.5 Å². The highest BCUT2D eigenvalue weighted by molar-refractivity contribution is 5.96. The predicted molar refractivity (Wildman–Crippen MR) is 79.5 cm³/mol. The zero-order valence-electron chi connectivity index (χ0n) is 12.1. The summed E-state index contributed by atoms with van der Waals surface area (Å²) >= 11 is 0. The second kappa shape index (κ2) is 6.95. The number of nitrogens with one attached hydrogen (secondary N) is 1. The van der Waals surface area contributed by atoms with Gasteiger partial charge in [-0.2, -0.15) is 18.3 Å². The van der Waals surface area contributed by atoms with Gasteiger partial charge in [0, 0.05) is 0 Å². The van der Waals surface area contributed by atoms with E-state index in [1.165, 1.54) is 25.5 Å². The Kier molecular flexibility index (Phi) is 5.00. The topological polar surface area (TPSA) is 50.7 Å². The summed E-state index contributed by atoms with van der Waals surface area (Å²) < 4.78 is 43.5. The lowest BCUT2D eigenvalue weighted by Gasteiger charge is -2.10. The van der Waals surface area contributed by atoms with Crippen LogP contribution in [-0.4, -0.2) is 19.2 Å². The van der Waals surface area contributed by atoms with Gasteiger partial charge in [-0.3, -0.25) is 4.79 Å². The molecule has 0 unspecified atom stereocenters. The lowest BCUT2D eigenvalue weighted by molar-refractivity contribution is -0.137. The molecule has 0 saturated carbocycles. The van der Waals surface area contributed by atoms with Crippen molar-refractivity contribution in [2.45, 2.75) is 6.18 Å². The fourth-order valence-corrected chi connectivity index (χ4v) is 1.84. The standard InChI is InChI=1S/C16H13F3N2O2/c1-23-12-8-6-11(7-9-12)10-20-21-15(22)13-4-2-3-5-14(13)16(17,18)19/h2-10H,1H3,(H,21,22)/b20-10+. The first-order valence-corrected chi connectivity index (χ1v) is 6.55. The molecule has 2 rings (SSSR count). The van der Waals surface area contributed by atoms with Crippen molar-refractivity contribution in [1.82, 2.24) is 5.43 Å². The number of benzene rings is 2. The highest BCUT2D eigenvalue weighted by Crippen LogP contribution is 2.31. The van der Waals surface area contributed by atoms with Crippen LogP contribution in [0.5, 0.6) is 5.75 Å². The number of halogens is 3. The molecule has 0 fully saturated rings. The van der Waals surface area contributed by atoms with Crippen LogP contribution < -0.4 is 10.2 Å². The lowest BCUT2D eigenvalue weighted by Crippen LogP contribution is -2.22. The van der Waals surface area contributed by atoms with E-state index in [0.29, 0.717) is 11.3 Å². The largest absolute Gasteiger partial charge is 0.497 e. The van der Waals surface area contributed by atoms with Gasteiger partial charge in [0.1, 0.15) is 5.75 Å². The summed E-state index contributed by atoms with van der Waals surface area (Å²) in [5, 5.41) is 3.66. The Hall–Kier alpha value is -2.83. The molecule has 0 aliphatic carbocycles. The van der Waals surface area contributed by atoms with Crippen LogP contribution in [0.15, 0.2) is 53.6 Å². The number of hydrazone groups is 1. The smallest absolute Gasteiger partial charge is 0.417 e. The first-order valence-electron chi connectivity index (χ1n) is 6.55. The van der Waals surface area contributed by atoms with E-state index in [-0.39, 0.29) is 0 Å². The molecule has 4 nitrogen and oxygen atoms in total. The average molecular weight is 322 g/mol. The molecule has 7 heteroatoms. The maximum atomic E-state index is 12.8. The molecule has 0 bridgehead atoms. The summed E-state index contributed by atoms with van der Waals surface area (Å²) in [7, 11) is 1.53. The first kappa shape index (κ1) is 16.5. The number of hydrogen-bond acceptors (Lipinski definition) is 3. The number of nitrogens with zero attached hydrogens (tertiary/aromatic N) is 1. The highest BCUT2D eigenvalue weighted by atomic mass is 19.4. The molecule has 1 N–H and O–H groups in total. The Morgan fingerprint density at radius 2 is 1.78 bits per heavy atom. The SMILES string of the molecule is COc1ccc(/C=N/NC(=O)c2ccccc2C(F)(F)F)cc1. The second-order valence-electron chi connectivity index (χ2n) is 4.52. The molecule has 23 heavy (non-hydrogen) atoms. The molecule has 1 amide bonds. The summed E-state index contributed by atoms with van der Waals surface area (Å²) in [6.45, 7) is 0. The van der Waals surface area contributed by atoms with Crippen molar-refractivity contribution in [1.29, 1.82) is 0 Å². The number of amides is 1. The Labute approximate surface area is 130 Å². The van der Waals surface area contributed by atoms with Gasteiger partial charge in [-0.25, -0.2) is 5.43 Å². The van der Waals surface area contributed by atoms with E-state index in [1.54, 1.807) is 24.3 Å². The molecule has 0 aliphatic rings. The third kappa shape index (κ3) is 4.32. The Bertz CT molecular complexity index is 710. The van der Waals surface area contributed by atoms with Gasteiger partial charge >= 0.3 is 6.18 Å². The molecule has 0 saturated heterocycles. The molecule has 2 aromatic carbocycles. The predicted octanol–water partition coefficient (Wildman–Crippen LogP) is 3.48. The number of carbonyl (C=O) groups excluding carboxylic acids is 1. The number of rotatable bonds is 4. The van der Waals surface area contributed by atoms with E-state index >= 15 is 0 Å². The molecule has 0 aromatic heterocycles. The van der Waals surface area contributed by atoms with Gasteiger partial charge in [-0.05, 0) is 42.0 Å². The van der Waals surface area contributed by atoms with Gasteiger partial charge < -0.3 is 4.74 Å². The summed E-state index contributed by atoms with van der Waals surface area (Å²) in [6, 6.07) is 11.3.